The molecular formula is C17H25NO2. The van der Waals surface area contributed by atoms with Crippen molar-refractivity contribution in [2.75, 3.05) is 26.1 Å². The zero-order chi connectivity index (χ0) is 14.5. The summed E-state index contributed by atoms with van der Waals surface area (Å²) in [5, 5.41) is 0. The van der Waals surface area contributed by atoms with Crippen LogP contribution in [0.15, 0.2) is 24.3 Å². The van der Waals surface area contributed by atoms with E-state index >= 15 is 0 Å². The third-order valence-electron chi connectivity index (χ3n) is 4.36. The largest absolute Gasteiger partial charge is 0.469 e. The number of nitrogens with zero attached hydrogens (tertiary/aromatic N) is 1. The Balaban J connectivity index is 2.23. The van der Waals surface area contributed by atoms with Gasteiger partial charge in [-0.2, -0.15) is 0 Å². The number of benzene rings is 1. The van der Waals surface area contributed by atoms with E-state index in [1.807, 2.05) is 14.1 Å². The molecule has 0 aromatic heterocycles. The van der Waals surface area contributed by atoms with E-state index in [4.69, 9.17) is 4.74 Å². The van der Waals surface area contributed by atoms with E-state index in [9.17, 15) is 4.79 Å². The summed E-state index contributed by atoms with van der Waals surface area (Å²) >= 11 is 0. The first-order chi connectivity index (χ1) is 9.63. The van der Waals surface area contributed by atoms with Gasteiger partial charge in [-0.05, 0) is 36.5 Å². The Morgan fingerprint density at radius 3 is 2.35 bits per heavy atom. The second-order valence-electron chi connectivity index (χ2n) is 5.86. The Hall–Kier alpha value is -1.51. The van der Waals surface area contributed by atoms with Crippen LogP contribution >= 0.6 is 0 Å². The van der Waals surface area contributed by atoms with Crippen molar-refractivity contribution in [2.24, 2.45) is 5.92 Å². The van der Waals surface area contributed by atoms with Crippen molar-refractivity contribution >= 4 is 11.7 Å². The lowest BCUT2D eigenvalue weighted by Gasteiger charge is -2.24. The van der Waals surface area contributed by atoms with E-state index in [0.29, 0.717) is 5.92 Å². The third-order valence-corrected chi connectivity index (χ3v) is 4.36. The molecule has 1 aliphatic carbocycles. The van der Waals surface area contributed by atoms with Gasteiger partial charge in [-0.25, -0.2) is 0 Å². The highest BCUT2D eigenvalue weighted by atomic mass is 16.5. The lowest BCUT2D eigenvalue weighted by atomic mass is 9.82. The summed E-state index contributed by atoms with van der Waals surface area (Å²) in [6.45, 7) is 0. The van der Waals surface area contributed by atoms with Crippen LogP contribution in [0.2, 0.25) is 0 Å². The van der Waals surface area contributed by atoms with Gasteiger partial charge in [-0.3, -0.25) is 4.79 Å². The van der Waals surface area contributed by atoms with Gasteiger partial charge in [0.05, 0.1) is 13.0 Å². The van der Waals surface area contributed by atoms with Crippen molar-refractivity contribution in [1.82, 2.24) is 0 Å². The SMILES string of the molecule is COC(=O)C1CCCCCC1c1ccc(N(C)C)cc1. The highest BCUT2D eigenvalue weighted by Gasteiger charge is 2.31. The molecule has 0 spiro atoms. The maximum atomic E-state index is 12.0. The zero-order valence-corrected chi connectivity index (χ0v) is 12.8. The molecule has 20 heavy (non-hydrogen) atoms. The Labute approximate surface area is 121 Å². The number of esters is 1. The Bertz CT molecular complexity index is 439. The average Bonchev–Trinajstić information content (AvgIpc) is 2.72. The maximum absolute atomic E-state index is 12.0. The van der Waals surface area contributed by atoms with E-state index in [1.165, 1.54) is 31.2 Å². The molecule has 2 rings (SSSR count). The first kappa shape index (κ1) is 14.9. The molecule has 1 aromatic rings. The molecule has 1 fully saturated rings. The summed E-state index contributed by atoms with van der Waals surface area (Å²) in [5.41, 5.74) is 2.46. The van der Waals surface area contributed by atoms with E-state index in [0.717, 1.165) is 19.3 Å². The summed E-state index contributed by atoms with van der Waals surface area (Å²) in [6.07, 6.45) is 5.59. The van der Waals surface area contributed by atoms with Gasteiger partial charge in [0.1, 0.15) is 0 Å². The van der Waals surface area contributed by atoms with Gasteiger partial charge in [0.15, 0.2) is 0 Å². The zero-order valence-electron chi connectivity index (χ0n) is 12.8. The summed E-state index contributed by atoms with van der Waals surface area (Å²) in [4.78, 5) is 14.1. The van der Waals surface area contributed by atoms with Crippen LogP contribution in [0.4, 0.5) is 5.69 Å². The number of anilines is 1. The third kappa shape index (κ3) is 3.33. The van der Waals surface area contributed by atoms with Gasteiger partial charge in [0.2, 0.25) is 0 Å². The number of methoxy groups -OCH3 is 1. The van der Waals surface area contributed by atoms with Crippen LogP contribution in [0, 0.1) is 5.92 Å². The number of carbonyl (C=O) groups is 1. The van der Waals surface area contributed by atoms with Crippen molar-refractivity contribution in [2.45, 2.75) is 38.0 Å². The van der Waals surface area contributed by atoms with E-state index in [-0.39, 0.29) is 11.9 Å². The van der Waals surface area contributed by atoms with Crippen LogP contribution in [0.25, 0.3) is 0 Å². The minimum absolute atomic E-state index is 0.0210. The first-order valence-corrected chi connectivity index (χ1v) is 7.48. The van der Waals surface area contributed by atoms with E-state index in [2.05, 4.69) is 29.2 Å². The summed E-state index contributed by atoms with van der Waals surface area (Å²) in [6, 6.07) is 8.60. The van der Waals surface area contributed by atoms with E-state index < -0.39 is 0 Å². The van der Waals surface area contributed by atoms with Gasteiger partial charge >= 0.3 is 5.97 Å². The Morgan fingerprint density at radius 2 is 1.75 bits per heavy atom. The second-order valence-corrected chi connectivity index (χ2v) is 5.86. The van der Waals surface area contributed by atoms with Gasteiger partial charge in [-0.1, -0.05) is 31.4 Å². The smallest absolute Gasteiger partial charge is 0.309 e. The summed E-state index contributed by atoms with van der Waals surface area (Å²) in [5.74, 6) is 0.280. The normalized spacial score (nSPS) is 22.9. The summed E-state index contributed by atoms with van der Waals surface area (Å²) < 4.78 is 5.01. The molecule has 0 bridgehead atoms. The van der Waals surface area contributed by atoms with Crippen molar-refractivity contribution in [1.29, 1.82) is 0 Å². The van der Waals surface area contributed by atoms with Gasteiger partial charge in [0, 0.05) is 19.8 Å². The molecule has 0 saturated heterocycles. The predicted octanol–water partition coefficient (Wildman–Crippen LogP) is 3.59. The predicted molar refractivity (Wildman–Crippen MR) is 82.1 cm³/mol. The fourth-order valence-electron chi connectivity index (χ4n) is 3.16. The topological polar surface area (TPSA) is 29.5 Å². The molecule has 0 amide bonds. The van der Waals surface area contributed by atoms with Crippen LogP contribution < -0.4 is 4.90 Å². The highest BCUT2D eigenvalue weighted by Crippen LogP contribution is 2.37. The molecule has 110 valence electrons. The van der Waals surface area contributed by atoms with Crippen LogP contribution in [0.5, 0.6) is 0 Å². The minimum atomic E-state index is -0.0476. The maximum Gasteiger partial charge on any atom is 0.309 e. The number of ether oxygens (including phenoxy) is 1. The van der Waals surface area contributed by atoms with Gasteiger partial charge in [0.25, 0.3) is 0 Å². The molecule has 1 saturated carbocycles. The fraction of sp³-hybridized carbons (Fsp3) is 0.588. The average molecular weight is 275 g/mol. The van der Waals surface area contributed by atoms with Crippen LogP contribution in [0.1, 0.15) is 43.6 Å². The number of carbonyl (C=O) groups excluding carboxylic acids is 1. The Morgan fingerprint density at radius 1 is 1.10 bits per heavy atom. The molecule has 0 radical (unpaired) electrons. The molecule has 0 N–H and O–H groups in total. The van der Waals surface area contributed by atoms with Crippen molar-refractivity contribution in [3.63, 3.8) is 0 Å². The lowest BCUT2D eigenvalue weighted by molar-refractivity contribution is -0.146. The van der Waals surface area contributed by atoms with Crippen molar-refractivity contribution < 1.29 is 9.53 Å². The molecular weight excluding hydrogens is 250 g/mol. The molecule has 3 nitrogen and oxygen atoms in total. The Kier molecular flexibility index (Phi) is 5.05. The molecule has 0 aliphatic heterocycles. The lowest BCUT2D eigenvalue weighted by Crippen LogP contribution is -2.23. The summed E-state index contributed by atoms with van der Waals surface area (Å²) in [7, 11) is 5.58. The fourth-order valence-corrected chi connectivity index (χ4v) is 3.16. The van der Waals surface area contributed by atoms with Crippen LogP contribution in [0.3, 0.4) is 0 Å². The molecule has 2 atom stereocenters. The van der Waals surface area contributed by atoms with Crippen LogP contribution in [-0.2, 0) is 9.53 Å². The standard InChI is InChI=1S/C17H25NO2/c1-18(2)14-11-9-13(10-12-14)15-7-5-4-6-8-16(15)17(19)20-3/h9-12,15-16H,4-8H2,1-3H3. The molecule has 2 unspecified atom stereocenters. The molecule has 0 heterocycles. The number of hydrogen-bond donors (Lipinski definition) is 0. The van der Waals surface area contributed by atoms with Gasteiger partial charge in [-0.15, -0.1) is 0 Å². The first-order valence-electron chi connectivity index (χ1n) is 7.48. The molecule has 3 heteroatoms. The van der Waals surface area contributed by atoms with Crippen molar-refractivity contribution in [3.8, 4) is 0 Å². The van der Waals surface area contributed by atoms with E-state index in [1.54, 1.807) is 0 Å². The van der Waals surface area contributed by atoms with Crippen LogP contribution in [-0.4, -0.2) is 27.2 Å². The molecule has 1 aliphatic rings. The van der Waals surface area contributed by atoms with Gasteiger partial charge < -0.3 is 9.64 Å². The monoisotopic (exact) mass is 275 g/mol. The minimum Gasteiger partial charge on any atom is -0.469 e. The second kappa shape index (κ2) is 6.78. The number of hydrogen-bond acceptors (Lipinski definition) is 3. The highest BCUT2D eigenvalue weighted by molar-refractivity contribution is 5.73. The van der Waals surface area contributed by atoms with Crippen molar-refractivity contribution in [3.05, 3.63) is 29.8 Å². The molecule has 1 aromatic carbocycles. The number of rotatable bonds is 3. The quantitative estimate of drug-likeness (QED) is 0.623.